The van der Waals surface area contributed by atoms with Gasteiger partial charge < -0.3 is 34.7 Å². The van der Waals surface area contributed by atoms with E-state index in [0.29, 0.717) is 31.4 Å². The number of hydrogen-bond acceptors (Lipinski definition) is 7. The van der Waals surface area contributed by atoms with Gasteiger partial charge in [0.25, 0.3) is 0 Å². The lowest BCUT2D eigenvalue weighted by Gasteiger charge is -2.34. The Bertz CT molecular complexity index is 1640. The molecule has 1 aliphatic heterocycles. The Hall–Kier alpha value is -4.54. The molecule has 11 nitrogen and oxygen atoms in total. The number of ether oxygens (including phenoxy) is 3. The van der Waals surface area contributed by atoms with Gasteiger partial charge in [-0.25, -0.2) is 4.79 Å². The van der Waals surface area contributed by atoms with E-state index in [4.69, 9.17) is 14.2 Å². The lowest BCUT2D eigenvalue weighted by molar-refractivity contribution is -0.155. The Balaban J connectivity index is 1.34. The molecule has 2 unspecified atom stereocenters. The van der Waals surface area contributed by atoms with E-state index in [0.717, 1.165) is 46.9 Å². The summed E-state index contributed by atoms with van der Waals surface area (Å²) in [6.07, 6.45) is 4.45. The number of nitrogens with one attached hydrogen (secondary N) is 3. The summed E-state index contributed by atoms with van der Waals surface area (Å²) in [6, 6.07) is 12.7. The Kier molecular flexibility index (Phi) is 12.9. The standard InChI is InChI=1S/C39H54N4O7/c1-26-14-15-30(48-20-18-27-11-10-19-43(25-27)37(47)50-39(5,6)7)21-28(26)23-41-36(46)33(22-29-24-40-32-13-9-8-12-31(29)32)42-34(44)16-17-35(45)49-38(2,3)4/h8-9,12-15,21,24,27,33,40H,10-11,16-20,22-23,25H2,1-7H3,(H,41,46)(H,42,44). The number of benzene rings is 2. The molecule has 2 atom stereocenters. The third-order valence-electron chi connectivity index (χ3n) is 8.47. The SMILES string of the molecule is Cc1ccc(OCCC2CCCN(C(=O)OC(C)(C)C)C2)cc1CNC(=O)C(Cc1c[nH]c2ccccc12)NC(=O)CCC(=O)OC(C)(C)C. The van der Waals surface area contributed by atoms with Crippen LogP contribution in [-0.2, 0) is 36.8 Å². The summed E-state index contributed by atoms with van der Waals surface area (Å²) in [4.78, 5) is 56.4. The molecule has 4 rings (SSSR count). The number of carbonyl (C=O) groups excluding carboxylic acids is 4. The van der Waals surface area contributed by atoms with Gasteiger partial charge in [-0.15, -0.1) is 0 Å². The van der Waals surface area contributed by atoms with Crippen molar-refractivity contribution in [2.24, 2.45) is 5.92 Å². The van der Waals surface area contributed by atoms with Crippen molar-refractivity contribution in [2.45, 2.75) is 111 Å². The molecular weight excluding hydrogens is 636 g/mol. The Morgan fingerprint density at radius 1 is 0.960 bits per heavy atom. The summed E-state index contributed by atoms with van der Waals surface area (Å²) < 4.78 is 17.0. The van der Waals surface area contributed by atoms with Crippen LogP contribution in [0.2, 0.25) is 0 Å². The predicted octanol–water partition coefficient (Wildman–Crippen LogP) is 6.36. The summed E-state index contributed by atoms with van der Waals surface area (Å²) in [5, 5.41) is 6.83. The van der Waals surface area contributed by atoms with E-state index in [1.165, 1.54) is 0 Å². The van der Waals surface area contributed by atoms with E-state index in [1.807, 2.05) is 76.4 Å². The van der Waals surface area contributed by atoms with E-state index < -0.39 is 29.1 Å². The van der Waals surface area contributed by atoms with Gasteiger partial charge in [0.15, 0.2) is 0 Å². The summed E-state index contributed by atoms with van der Waals surface area (Å²) >= 11 is 0. The number of aryl methyl sites for hydroxylation is 1. The van der Waals surface area contributed by atoms with Crippen LogP contribution in [0.15, 0.2) is 48.7 Å². The molecule has 0 spiro atoms. The van der Waals surface area contributed by atoms with Gasteiger partial charge in [0.05, 0.1) is 13.0 Å². The van der Waals surface area contributed by atoms with Crippen LogP contribution in [0, 0.1) is 12.8 Å². The molecule has 3 aromatic rings. The fourth-order valence-corrected chi connectivity index (χ4v) is 5.97. The lowest BCUT2D eigenvalue weighted by atomic mass is 9.95. The zero-order valence-corrected chi connectivity index (χ0v) is 30.6. The Morgan fingerprint density at radius 2 is 1.70 bits per heavy atom. The van der Waals surface area contributed by atoms with Gasteiger partial charge in [-0.05, 0) is 109 Å². The summed E-state index contributed by atoms with van der Waals surface area (Å²) in [7, 11) is 0. The first-order chi connectivity index (χ1) is 23.6. The van der Waals surface area contributed by atoms with Crippen LogP contribution < -0.4 is 15.4 Å². The molecule has 0 aliphatic carbocycles. The molecule has 1 fully saturated rings. The van der Waals surface area contributed by atoms with Crippen molar-refractivity contribution in [3.63, 3.8) is 0 Å². The van der Waals surface area contributed by atoms with Crippen molar-refractivity contribution in [3.8, 4) is 5.75 Å². The molecule has 3 N–H and O–H groups in total. The minimum atomic E-state index is -0.865. The third-order valence-corrected chi connectivity index (χ3v) is 8.47. The predicted molar refractivity (Wildman–Crippen MR) is 193 cm³/mol. The molecule has 2 heterocycles. The number of piperidine rings is 1. The second-order valence-corrected chi connectivity index (χ2v) is 15.1. The largest absolute Gasteiger partial charge is 0.494 e. The van der Waals surface area contributed by atoms with Crippen molar-refractivity contribution >= 4 is 34.8 Å². The number of carbonyl (C=O) groups is 4. The van der Waals surface area contributed by atoms with E-state index in [1.54, 1.807) is 25.7 Å². The molecule has 0 bridgehead atoms. The number of esters is 1. The average Bonchev–Trinajstić information content (AvgIpc) is 3.44. The first-order valence-electron chi connectivity index (χ1n) is 17.6. The van der Waals surface area contributed by atoms with E-state index in [2.05, 4.69) is 15.6 Å². The van der Waals surface area contributed by atoms with Crippen LogP contribution in [0.5, 0.6) is 5.75 Å². The Morgan fingerprint density at radius 3 is 2.44 bits per heavy atom. The minimum absolute atomic E-state index is 0.0841. The van der Waals surface area contributed by atoms with Gasteiger partial charge in [-0.3, -0.25) is 14.4 Å². The van der Waals surface area contributed by atoms with Crippen LogP contribution in [0.4, 0.5) is 4.79 Å². The first kappa shape index (κ1) is 38.3. The highest BCUT2D eigenvalue weighted by atomic mass is 16.6. The Labute approximate surface area is 295 Å². The topological polar surface area (TPSA) is 139 Å². The molecule has 1 aliphatic rings. The number of hydrogen-bond donors (Lipinski definition) is 3. The number of rotatable bonds is 13. The fraction of sp³-hybridized carbons (Fsp3) is 0.538. The lowest BCUT2D eigenvalue weighted by Crippen LogP contribution is -2.48. The van der Waals surface area contributed by atoms with Crippen LogP contribution in [0.1, 0.15) is 90.3 Å². The van der Waals surface area contributed by atoms with Gasteiger partial charge in [0.1, 0.15) is 23.0 Å². The summed E-state index contributed by atoms with van der Waals surface area (Å²) in [5.41, 5.74) is 2.55. The van der Waals surface area contributed by atoms with Crippen LogP contribution in [0.25, 0.3) is 10.9 Å². The molecule has 11 heteroatoms. The number of H-pyrrole nitrogens is 1. The summed E-state index contributed by atoms with van der Waals surface area (Å²) in [5.74, 6) is -0.184. The second-order valence-electron chi connectivity index (χ2n) is 15.1. The van der Waals surface area contributed by atoms with Crippen LogP contribution in [0.3, 0.4) is 0 Å². The highest BCUT2D eigenvalue weighted by Crippen LogP contribution is 2.24. The second kappa shape index (κ2) is 16.9. The number of amides is 3. The van der Waals surface area contributed by atoms with Gasteiger partial charge in [0.2, 0.25) is 11.8 Å². The molecule has 0 saturated carbocycles. The van der Waals surface area contributed by atoms with Crippen molar-refractivity contribution < 1.29 is 33.4 Å². The maximum Gasteiger partial charge on any atom is 0.410 e. The van der Waals surface area contributed by atoms with Crippen LogP contribution >= 0.6 is 0 Å². The smallest absolute Gasteiger partial charge is 0.410 e. The molecule has 1 aromatic heterocycles. The number of likely N-dealkylation sites (tertiary alicyclic amines) is 1. The molecule has 50 heavy (non-hydrogen) atoms. The molecule has 3 amide bonds. The molecule has 0 radical (unpaired) electrons. The van der Waals surface area contributed by atoms with Gasteiger partial charge in [-0.2, -0.15) is 0 Å². The van der Waals surface area contributed by atoms with Crippen molar-refractivity contribution in [2.75, 3.05) is 19.7 Å². The molecular formula is C39H54N4O7. The zero-order valence-electron chi connectivity index (χ0n) is 30.6. The number of fused-ring (bicyclic) bond motifs is 1. The minimum Gasteiger partial charge on any atom is -0.494 e. The van der Waals surface area contributed by atoms with Crippen molar-refractivity contribution in [1.82, 2.24) is 20.5 Å². The van der Waals surface area contributed by atoms with Crippen molar-refractivity contribution in [1.29, 1.82) is 0 Å². The zero-order chi connectivity index (χ0) is 36.5. The number of nitrogens with zero attached hydrogens (tertiary/aromatic N) is 1. The van der Waals surface area contributed by atoms with Gasteiger partial charge >= 0.3 is 12.1 Å². The molecule has 1 saturated heterocycles. The maximum atomic E-state index is 13.6. The highest BCUT2D eigenvalue weighted by molar-refractivity contribution is 5.90. The first-order valence-corrected chi connectivity index (χ1v) is 17.6. The van der Waals surface area contributed by atoms with Gasteiger partial charge in [-0.1, -0.05) is 24.3 Å². The van der Waals surface area contributed by atoms with E-state index in [9.17, 15) is 19.2 Å². The summed E-state index contributed by atoms with van der Waals surface area (Å²) in [6.45, 7) is 15.0. The normalized spacial score (nSPS) is 15.7. The maximum absolute atomic E-state index is 13.6. The van der Waals surface area contributed by atoms with E-state index in [-0.39, 0.29) is 37.8 Å². The number of aromatic amines is 1. The van der Waals surface area contributed by atoms with Crippen molar-refractivity contribution in [3.05, 3.63) is 65.4 Å². The number of aromatic nitrogens is 1. The fourth-order valence-electron chi connectivity index (χ4n) is 5.97. The highest BCUT2D eigenvalue weighted by Gasteiger charge is 2.28. The quantitative estimate of drug-likeness (QED) is 0.178. The average molecular weight is 691 g/mol. The monoisotopic (exact) mass is 690 g/mol. The number of para-hydroxylation sites is 1. The van der Waals surface area contributed by atoms with E-state index >= 15 is 0 Å². The molecule has 2 aromatic carbocycles. The molecule has 272 valence electrons. The van der Waals surface area contributed by atoms with Gasteiger partial charge in [0, 0.05) is 49.6 Å². The third kappa shape index (κ3) is 12.1. The van der Waals surface area contributed by atoms with Crippen LogP contribution in [-0.4, -0.2) is 70.7 Å².